The van der Waals surface area contributed by atoms with Gasteiger partial charge in [-0.15, -0.1) is 0 Å². The van der Waals surface area contributed by atoms with Crippen molar-refractivity contribution in [3.8, 4) is 0 Å². The molecule has 0 aliphatic heterocycles. The Hall–Kier alpha value is -2.63. The summed E-state index contributed by atoms with van der Waals surface area (Å²) in [4.78, 5) is 24.6. The van der Waals surface area contributed by atoms with E-state index in [2.05, 4.69) is 10.5 Å². The van der Waals surface area contributed by atoms with Gasteiger partial charge in [0.25, 0.3) is 5.91 Å². The van der Waals surface area contributed by atoms with E-state index in [-0.39, 0.29) is 18.4 Å². The number of benzene rings is 1. The number of carbonyl (C=O) groups excluding carboxylic acids is 2. The van der Waals surface area contributed by atoms with E-state index in [1.807, 2.05) is 19.9 Å². The quantitative estimate of drug-likeness (QED) is 0.824. The maximum Gasteiger partial charge on any atom is 0.329 e. The van der Waals surface area contributed by atoms with Gasteiger partial charge in [0.05, 0.1) is 11.3 Å². The van der Waals surface area contributed by atoms with Gasteiger partial charge in [-0.3, -0.25) is 4.79 Å². The minimum absolute atomic E-state index is 0.0738. The lowest BCUT2D eigenvalue weighted by Crippen LogP contribution is -2.45. The molecular formula is C18H22N2O4. The van der Waals surface area contributed by atoms with Crippen LogP contribution in [0, 0.1) is 19.8 Å². The number of nitrogens with one attached hydrogen (secondary N) is 1. The minimum atomic E-state index is -0.724. The number of hydrogen-bond acceptors (Lipinski definition) is 5. The molecule has 128 valence electrons. The highest BCUT2D eigenvalue weighted by atomic mass is 16.5. The number of hydrogen-bond donors (Lipinski definition) is 1. The van der Waals surface area contributed by atoms with E-state index < -0.39 is 12.0 Å². The standard InChI is InChI=1S/C18H22N2O4/c1-11(2)16(19-17(21)14-8-6-5-7-9-14)18(22)23-10-15-12(3)20-24-13(15)4/h5-9,11,16H,10H2,1-4H3,(H,19,21)/t16-/m0/s1. The largest absolute Gasteiger partial charge is 0.459 e. The molecule has 2 rings (SSSR count). The average Bonchev–Trinajstić information content (AvgIpc) is 2.89. The third-order valence-corrected chi connectivity index (χ3v) is 3.78. The Balaban J connectivity index is 2.02. The molecule has 0 spiro atoms. The van der Waals surface area contributed by atoms with E-state index in [4.69, 9.17) is 9.26 Å². The molecule has 0 bridgehead atoms. The van der Waals surface area contributed by atoms with Crippen LogP contribution in [0.4, 0.5) is 0 Å². The normalized spacial score (nSPS) is 12.0. The Morgan fingerprint density at radius 1 is 1.21 bits per heavy atom. The fourth-order valence-corrected chi connectivity index (χ4v) is 2.25. The van der Waals surface area contributed by atoms with Gasteiger partial charge in [0.1, 0.15) is 18.4 Å². The van der Waals surface area contributed by atoms with E-state index >= 15 is 0 Å². The lowest BCUT2D eigenvalue weighted by Gasteiger charge is -2.21. The first-order valence-corrected chi connectivity index (χ1v) is 7.84. The maximum absolute atomic E-state index is 12.4. The summed E-state index contributed by atoms with van der Waals surface area (Å²) < 4.78 is 10.4. The monoisotopic (exact) mass is 330 g/mol. The first-order chi connectivity index (χ1) is 11.4. The molecule has 6 heteroatoms. The van der Waals surface area contributed by atoms with Gasteiger partial charge in [-0.2, -0.15) is 0 Å². The summed E-state index contributed by atoms with van der Waals surface area (Å²) in [5.41, 5.74) is 1.94. The fourth-order valence-electron chi connectivity index (χ4n) is 2.25. The Morgan fingerprint density at radius 3 is 2.42 bits per heavy atom. The Kier molecular flexibility index (Phi) is 5.73. The van der Waals surface area contributed by atoms with Crippen LogP contribution in [0.5, 0.6) is 0 Å². The molecule has 0 saturated heterocycles. The van der Waals surface area contributed by atoms with E-state index in [1.165, 1.54) is 0 Å². The van der Waals surface area contributed by atoms with Gasteiger partial charge in [-0.05, 0) is 31.9 Å². The van der Waals surface area contributed by atoms with Crippen LogP contribution in [-0.4, -0.2) is 23.1 Å². The maximum atomic E-state index is 12.4. The van der Waals surface area contributed by atoms with Crippen molar-refractivity contribution in [2.75, 3.05) is 0 Å². The summed E-state index contributed by atoms with van der Waals surface area (Å²) in [6.07, 6.45) is 0. The van der Waals surface area contributed by atoms with Crippen LogP contribution in [0.3, 0.4) is 0 Å². The molecule has 1 N–H and O–H groups in total. The molecule has 1 atom stereocenters. The van der Waals surface area contributed by atoms with Crippen molar-refractivity contribution in [2.24, 2.45) is 5.92 Å². The number of ether oxygens (including phenoxy) is 1. The highest BCUT2D eigenvalue weighted by molar-refractivity contribution is 5.96. The van der Waals surface area contributed by atoms with Crippen molar-refractivity contribution in [2.45, 2.75) is 40.3 Å². The lowest BCUT2D eigenvalue weighted by atomic mass is 10.0. The van der Waals surface area contributed by atoms with Crippen molar-refractivity contribution in [3.63, 3.8) is 0 Å². The van der Waals surface area contributed by atoms with Gasteiger partial charge >= 0.3 is 5.97 Å². The summed E-state index contributed by atoms with van der Waals surface area (Å²) in [7, 11) is 0. The molecule has 1 aromatic carbocycles. The second-order valence-corrected chi connectivity index (χ2v) is 5.97. The van der Waals surface area contributed by atoms with Crippen LogP contribution in [-0.2, 0) is 16.1 Å². The van der Waals surface area contributed by atoms with E-state index in [0.717, 1.165) is 5.56 Å². The first-order valence-electron chi connectivity index (χ1n) is 7.84. The average molecular weight is 330 g/mol. The molecule has 0 radical (unpaired) electrons. The van der Waals surface area contributed by atoms with Gasteiger partial charge in [0.2, 0.25) is 0 Å². The van der Waals surface area contributed by atoms with Crippen molar-refractivity contribution < 1.29 is 18.8 Å². The number of carbonyl (C=O) groups is 2. The van der Waals surface area contributed by atoms with Gasteiger partial charge < -0.3 is 14.6 Å². The van der Waals surface area contributed by atoms with Gasteiger partial charge in [-0.25, -0.2) is 4.79 Å². The summed E-state index contributed by atoms with van der Waals surface area (Å²) in [5, 5.41) is 6.57. The predicted octanol–water partition coefficient (Wildman–Crippen LogP) is 2.79. The van der Waals surface area contributed by atoms with Crippen LogP contribution in [0.2, 0.25) is 0 Å². The summed E-state index contributed by atoms with van der Waals surface area (Å²) in [5.74, 6) is -0.262. The number of rotatable bonds is 6. The van der Waals surface area contributed by atoms with Gasteiger partial charge in [0.15, 0.2) is 0 Å². The lowest BCUT2D eigenvalue weighted by molar-refractivity contribution is -0.148. The molecule has 0 fully saturated rings. The molecule has 0 unspecified atom stereocenters. The molecule has 0 saturated carbocycles. The smallest absolute Gasteiger partial charge is 0.329 e. The first kappa shape index (κ1) is 17.7. The van der Waals surface area contributed by atoms with Gasteiger partial charge in [-0.1, -0.05) is 37.2 Å². The molecule has 1 aromatic heterocycles. The predicted molar refractivity (Wildman–Crippen MR) is 88.3 cm³/mol. The molecule has 2 aromatic rings. The van der Waals surface area contributed by atoms with Crippen molar-refractivity contribution >= 4 is 11.9 Å². The summed E-state index contributed by atoms with van der Waals surface area (Å²) >= 11 is 0. The summed E-state index contributed by atoms with van der Waals surface area (Å²) in [6, 6.07) is 8.04. The number of esters is 1. The molecular weight excluding hydrogens is 308 g/mol. The topological polar surface area (TPSA) is 81.4 Å². The van der Waals surface area contributed by atoms with Crippen molar-refractivity contribution in [1.82, 2.24) is 10.5 Å². The van der Waals surface area contributed by atoms with Crippen LogP contribution < -0.4 is 5.32 Å². The Bertz CT molecular complexity index is 688. The van der Waals surface area contributed by atoms with Crippen LogP contribution in [0.15, 0.2) is 34.9 Å². The second kappa shape index (κ2) is 7.77. The zero-order valence-electron chi connectivity index (χ0n) is 14.3. The molecule has 0 aliphatic rings. The van der Waals surface area contributed by atoms with Crippen molar-refractivity contribution in [3.05, 3.63) is 52.9 Å². The van der Waals surface area contributed by atoms with E-state index in [0.29, 0.717) is 17.0 Å². The highest BCUT2D eigenvalue weighted by Crippen LogP contribution is 2.15. The summed E-state index contributed by atoms with van der Waals surface area (Å²) in [6.45, 7) is 7.34. The number of nitrogens with zero attached hydrogens (tertiary/aromatic N) is 1. The zero-order chi connectivity index (χ0) is 17.7. The van der Waals surface area contributed by atoms with Crippen LogP contribution in [0.25, 0.3) is 0 Å². The molecule has 24 heavy (non-hydrogen) atoms. The third-order valence-electron chi connectivity index (χ3n) is 3.78. The van der Waals surface area contributed by atoms with Crippen LogP contribution >= 0.6 is 0 Å². The van der Waals surface area contributed by atoms with Crippen LogP contribution in [0.1, 0.15) is 41.2 Å². The second-order valence-electron chi connectivity index (χ2n) is 5.97. The number of aryl methyl sites for hydroxylation is 2. The highest BCUT2D eigenvalue weighted by Gasteiger charge is 2.26. The Morgan fingerprint density at radius 2 is 1.88 bits per heavy atom. The molecule has 1 heterocycles. The third kappa shape index (κ3) is 4.22. The van der Waals surface area contributed by atoms with Gasteiger partial charge in [0, 0.05) is 5.56 Å². The minimum Gasteiger partial charge on any atom is -0.459 e. The van der Waals surface area contributed by atoms with Crippen molar-refractivity contribution in [1.29, 1.82) is 0 Å². The zero-order valence-corrected chi connectivity index (χ0v) is 14.3. The molecule has 1 amide bonds. The van der Waals surface area contributed by atoms with E-state index in [9.17, 15) is 9.59 Å². The number of amides is 1. The van der Waals surface area contributed by atoms with E-state index in [1.54, 1.807) is 38.1 Å². The molecule has 6 nitrogen and oxygen atoms in total. The SMILES string of the molecule is Cc1noc(C)c1COC(=O)[C@@H](NC(=O)c1ccccc1)C(C)C. The fraction of sp³-hybridized carbons (Fsp3) is 0.389. The molecule has 0 aliphatic carbocycles. The Labute approximate surface area is 141 Å². The number of aromatic nitrogens is 1.